The molecule has 10 rings (SSSR count). The van der Waals surface area contributed by atoms with Gasteiger partial charge in [-0.2, -0.15) is 0 Å². The number of ether oxygens (including phenoxy) is 1. The fourth-order valence-electron chi connectivity index (χ4n) is 8.43. The molecule has 2 heterocycles. The molecule has 0 amide bonds. The van der Waals surface area contributed by atoms with Crippen molar-refractivity contribution < 1.29 is 4.74 Å². The van der Waals surface area contributed by atoms with Crippen LogP contribution in [0.5, 0.6) is 11.5 Å². The third-order valence-corrected chi connectivity index (χ3v) is 11.1. The van der Waals surface area contributed by atoms with E-state index in [0.29, 0.717) is 0 Å². The molecule has 0 saturated heterocycles. The zero-order valence-electron chi connectivity index (χ0n) is 30.0. The minimum Gasteiger partial charge on any atom is -0.453 e. The van der Waals surface area contributed by atoms with Crippen LogP contribution in [0.15, 0.2) is 176 Å². The summed E-state index contributed by atoms with van der Waals surface area (Å²) in [5.41, 5.74) is 14.9. The van der Waals surface area contributed by atoms with E-state index < -0.39 is 0 Å². The molecule has 53 heavy (non-hydrogen) atoms. The van der Waals surface area contributed by atoms with Crippen molar-refractivity contribution in [2.24, 2.45) is 0 Å². The Balaban J connectivity index is 1.18. The minimum atomic E-state index is -0.250. The summed E-state index contributed by atoms with van der Waals surface area (Å²) in [6, 6.07) is 63.5. The second-order valence-corrected chi connectivity index (χ2v) is 14.7. The predicted octanol–water partition coefficient (Wildman–Crippen LogP) is 14.2. The van der Waals surface area contributed by atoms with Gasteiger partial charge in [-0.05, 0) is 111 Å². The summed E-state index contributed by atoms with van der Waals surface area (Å²) in [6.07, 6.45) is 0. The smallest absolute Gasteiger partial charge is 0.152 e. The van der Waals surface area contributed by atoms with Gasteiger partial charge in [0.25, 0.3) is 0 Å². The number of fused-ring (bicyclic) bond motifs is 5. The van der Waals surface area contributed by atoms with Gasteiger partial charge in [0.1, 0.15) is 0 Å². The average Bonchev–Trinajstić information content (AvgIpc) is 3.20. The Morgan fingerprint density at radius 2 is 1.08 bits per heavy atom. The number of hydrogen-bond donors (Lipinski definition) is 0. The normalized spacial score (nSPS) is 13.5. The van der Waals surface area contributed by atoms with Crippen molar-refractivity contribution in [2.45, 2.75) is 26.2 Å². The van der Waals surface area contributed by atoms with E-state index in [9.17, 15) is 0 Å². The maximum atomic E-state index is 6.83. The van der Waals surface area contributed by atoms with Crippen molar-refractivity contribution >= 4 is 44.9 Å². The van der Waals surface area contributed by atoms with Crippen molar-refractivity contribution in [3.05, 3.63) is 193 Å². The summed E-state index contributed by atoms with van der Waals surface area (Å²) >= 11 is 0. The first-order valence-corrected chi connectivity index (χ1v) is 18.3. The highest BCUT2D eigenvalue weighted by molar-refractivity contribution is 5.97. The predicted molar refractivity (Wildman–Crippen MR) is 221 cm³/mol. The van der Waals surface area contributed by atoms with Gasteiger partial charge in [0.05, 0.1) is 17.1 Å². The first-order valence-electron chi connectivity index (χ1n) is 18.3. The summed E-state index contributed by atoms with van der Waals surface area (Å²) in [6.45, 7) is 6.88. The fourth-order valence-corrected chi connectivity index (χ4v) is 8.43. The molecule has 0 aromatic heterocycles. The van der Waals surface area contributed by atoms with Gasteiger partial charge in [-0.3, -0.25) is 0 Å². The highest BCUT2D eigenvalue weighted by atomic mass is 16.5. The van der Waals surface area contributed by atoms with Crippen LogP contribution in [-0.2, 0) is 5.41 Å². The van der Waals surface area contributed by atoms with E-state index in [2.05, 4.69) is 206 Å². The van der Waals surface area contributed by atoms with Crippen molar-refractivity contribution in [1.82, 2.24) is 0 Å². The van der Waals surface area contributed by atoms with Crippen molar-refractivity contribution in [3.8, 4) is 33.8 Å². The van der Waals surface area contributed by atoms with Crippen LogP contribution in [0.1, 0.15) is 30.5 Å². The Hall–Kier alpha value is -6.58. The van der Waals surface area contributed by atoms with Gasteiger partial charge in [0, 0.05) is 22.5 Å². The molecule has 0 fully saturated rings. The van der Waals surface area contributed by atoms with E-state index in [-0.39, 0.29) is 5.41 Å². The molecule has 2 aliphatic rings. The molecule has 8 aromatic rings. The number of hydrogen-bond acceptors (Lipinski definition) is 3. The van der Waals surface area contributed by atoms with E-state index in [1.807, 2.05) is 0 Å². The first kappa shape index (κ1) is 31.2. The zero-order valence-corrected chi connectivity index (χ0v) is 30.0. The fraction of sp³-hybridized carbons (Fsp3) is 0.0800. The molecule has 0 spiro atoms. The number of nitrogens with zero attached hydrogens (tertiary/aromatic N) is 2. The number of benzene rings is 8. The summed E-state index contributed by atoms with van der Waals surface area (Å²) in [5, 5.41) is 2.43. The van der Waals surface area contributed by atoms with Gasteiger partial charge in [0.2, 0.25) is 0 Å². The lowest BCUT2D eigenvalue weighted by atomic mass is 9.73. The Kier molecular flexibility index (Phi) is 7.06. The van der Waals surface area contributed by atoms with Crippen LogP contribution >= 0.6 is 0 Å². The Morgan fingerprint density at radius 1 is 0.453 bits per heavy atom. The van der Waals surface area contributed by atoms with Gasteiger partial charge in [-0.25, -0.2) is 0 Å². The van der Waals surface area contributed by atoms with Crippen LogP contribution in [0, 0.1) is 6.92 Å². The van der Waals surface area contributed by atoms with Crippen LogP contribution in [0.3, 0.4) is 0 Å². The molecule has 0 aliphatic carbocycles. The van der Waals surface area contributed by atoms with Gasteiger partial charge < -0.3 is 14.5 Å². The second-order valence-electron chi connectivity index (χ2n) is 14.7. The van der Waals surface area contributed by atoms with Gasteiger partial charge in [0.15, 0.2) is 11.5 Å². The largest absolute Gasteiger partial charge is 0.453 e. The molecule has 8 aromatic carbocycles. The molecular formula is C50H38N2O. The van der Waals surface area contributed by atoms with Crippen LogP contribution in [0.4, 0.5) is 34.1 Å². The molecule has 0 radical (unpaired) electrons. The topological polar surface area (TPSA) is 15.7 Å². The molecule has 3 nitrogen and oxygen atoms in total. The third kappa shape index (κ3) is 5.03. The maximum Gasteiger partial charge on any atom is 0.152 e. The van der Waals surface area contributed by atoms with E-state index >= 15 is 0 Å². The molecule has 254 valence electrons. The molecule has 2 aliphatic heterocycles. The summed E-state index contributed by atoms with van der Waals surface area (Å²) in [5.74, 6) is 1.75. The second kappa shape index (κ2) is 12.0. The van der Waals surface area contributed by atoms with Crippen molar-refractivity contribution in [2.75, 3.05) is 9.80 Å². The molecule has 0 atom stereocenters. The Morgan fingerprint density at radius 3 is 1.83 bits per heavy atom. The monoisotopic (exact) mass is 682 g/mol. The lowest BCUT2D eigenvalue weighted by molar-refractivity contribution is 0.471. The van der Waals surface area contributed by atoms with Gasteiger partial charge in [-0.15, -0.1) is 0 Å². The highest BCUT2D eigenvalue weighted by Gasteiger charge is 2.42. The van der Waals surface area contributed by atoms with Crippen LogP contribution in [0.2, 0.25) is 0 Å². The Bertz CT molecular complexity index is 2680. The molecule has 0 unspecified atom stereocenters. The van der Waals surface area contributed by atoms with Gasteiger partial charge in [-0.1, -0.05) is 135 Å². The van der Waals surface area contributed by atoms with E-state index in [0.717, 1.165) is 45.5 Å². The molecule has 3 heteroatoms. The molecule has 0 N–H and O–H groups in total. The van der Waals surface area contributed by atoms with E-state index in [1.54, 1.807) is 0 Å². The van der Waals surface area contributed by atoms with Gasteiger partial charge >= 0.3 is 0 Å². The lowest BCUT2D eigenvalue weighted by Crippen LogP contribution is -2.32. The molecular weight excluding hydrogens is 645 g/mol. The van der Waals surface area contributed by atoms with E-state index in [4.69, 9.17) is 4.74 Å². The SMILES string of the molecule is Cc1cc(-c2ccccc2)cc2c1N1c3cc(N(c4ccc(-c5ccccc5)cc4)c4ccc5ccccc5c4)ccc3C(C)(C)c3cccc(c31)O2. The highest BCUT2D eigenvalue weighted by Crippen LogP contribution is 2.61. The number of anilines is 6. The number of para-hydroxylation sites is 1. The maximum absolute atomic E-state index is 6.83. The zero-order chi connectivity index (χ0) is 35.7. The molecule has 0 bridgehead atoms. The summed E-state index contributed by atoms with van der Waals surface area (Å²) < 4.78 is 6.83. The van der Waals surface area contributed by atoms with Crippen molar-refractivity contribution in [1.29, 1.82) is 0 Å². The minimum absolute atomic E-state index is 0.250. The molecule has 0 saturated carbocycles. The first-order chi connectivity index (χ1) is 25.9. The summed E-state index contributed by atoms with van der Waals surface area (Å²) in [4.78, 5) is 4.86. The van der Waals surface area contributed by atoms with Crippen LogP contribution in [0.25, 0.3) is 33.0 Å². The summed E-state index contributed by atoms with van der Waals surface area (Å²) in [7, 11) is 0. The standard InChI is InChI=1S/C50H38N2O/c1-33-29-39(35-15-8-5-9-16-35)31-47-48(33)52-45-32-42(27-28-43(45)50(2,3)44-19-12-20-46(53-47)49(44)52)51(41-26-23-36-17-10-11-18-38(36)30-41)40-24-21-37(22-25-40)34-13-6-4-7-14-34/h4-32H,1-3H3. The van der Waals surface area contributed by atoms with Crippen LogP contribution in [-0.4, -0.2) is 0 Å². The van der Waals surface area contributed by atoms with E-state index in [1.165, 1.54) is 49.8 Å². The lowest BCUT2D eigenvalue weighted by Gasteiger charge is -2.45. The quantitative estimate of drug-likeness (QED) is 0.180. The average molecular weight is 683 g/mol. The van der Waals surface area contributed by atoms with Crippen LogP contribution < -0.4 is 14.5 Å². The third-order valence-electron chi connectivity index (χ3n) is 11.1. The Labute approximate surface area is 311 Å². The number of rotatable bonds is 5. The van der Waals surface area contributed by atoms with Crippen molar-refractivity contribution in [3.63, 3.8) is 0 Å². The number of aryl methyl sites for hydroxylation is 1.